The van der Waals surface area contributed by atoms with E-state index in [1.807, 2.05) is 13.0 Å². The Bertz CT molecular complexity index is 830. The molecule has 0 radical (unpaired) electrons. The molecule has 0 aromatic carbocycles. The Balaban J connectivity index is 1.40. The van der Waals surface area contributed by atoms with Crippen LogP contribution in [-0.2, 0) is 18.3 Å². The SMILES string of the molecule is Cc1cc(N2CCOCC2)nc(N2CCN(Cc3cn(C)nc3C(F)F)CC2)n1. The zero-order chi connectivity index (χ0) is 20.4. The van der Waals surface area contributed by atoms with Gasteiger partial charge in [0.05, 0.1) is 13.2 Å². The molecule has 29 heavy (non-hydrogen) atoms. The number of aryl methyl sites for hydroxylation is 2. The van der Waals surface area contributed by atoms with Crippen LogP contribution in [-0.4, -0.2) is 77.1 Å². The summed E-state index contributed by atoms with van der Waals surface area (Å²) in [6.07, 6.45) is -0.863. The Kier molecular flexibility index (Phi) is 5.91. The number of piperazine rings is 1. The van der Waals surface area contributed by atoms with Crippen molar-refractivity contribution in [3.63, 3.8) is 0 Å². The van der Waals surface area contributed by atoms with E-state index in [1.54, 1.807) is 13.2 Å². The van der Waals surface area contributed by atoms with Crippen molar-refractivity contribution in [3.05, 3.63) is 29.2 Å². The van der Waals surface area contributed by atoms with Crippen molar-refractivity contribution in [3.8, 4) is 0 Å². The second kappa shape index (κ2) is 8.58. The fourth-order valence-corrected chi connectivity index (χ4v) is 3.84. The number of nitrogens with zero attached hydrogens (tertiary/aromatic N) is 7. The van der Waals surface area contributed by atoms with Crippen LogP contribution in [0.4, 0.5) is 20.5 Å². The van der Waals surface area contributed by atoms with E-state index in [1.165, 1.54) is 4.68 Å². The highest BCUT2D eigenvalue weighted by atomic mass is 19.3. The van der Waals surface area contributed by atoms with Gasteiger partial charge < -0.3 is 14.5 Å². The van der Waals surface area contributed by atoms with Gasteiger partial charge in [-0.3, -0.25) is 9.58 Å². The molecular formula is C19H27F2N7O. The van der Waals surface area contributed by atoms with E-state index >= 15 is 0 Å². The third-order valence-electron chi connectivity index (χ3n) is 5.36. The number of morpholine rings is 1. The predicted molar refractivity (Wildman–Crippen MR) is 105 cm³/mol. The highest BCUT2D eigenvalue weighted by Crippen LogP contribution is 2.24. The highest BCUT2D eigenvalue weighted by molar-refractivity contribution is 5.46. The number of halogens is 2. The molecule has 0 unspecified atom stereocenters. The minimum absolute atomic E-state index is 0.118. The molecule has 158 valence electrons. The first-order valence-corrected chi connectivity index (χ1v) is 9.96. The molecule has 0 bridgehead atoms. The summed E-state index contributed by atoms with van der Waals surface area (Å²) in [5, 5.41) is 3.90. The molecule has 2 aliphatic rings. The van der Waals surface area contributed by atoms with E-state index in [9.17, 15) is 8.78 Å². The standard InChI is InChI=1S/C19H27F2N7O/c1-14-11-16(27-7-9-29-10-8-27)23-19(22-14)28-5-3-26(4-6-28)13-15-12-25(2)24-17(15)18(20)21/h11-12,18H,3-10,13H2,1-2H3. The largest absolute Gasteiger partial charge is 0.378 e. The predicted octanol–water partition coefficient (Wildman–Crippen LogP) is 1.61. The van der Waals surface area contributed by atoms with Crippen molar-refractivity contribution in [1.29, 1.82) is 0 Å². The van der Waals surface area contributed by atoms with Crippen molar-refractivity contribution in [2.75, 3.05) is 62.3 Å². The molecule has 0 spiro atoms. The third-order valence-corrected chi connectivity index (χ3v) is 5.36. The molecule has 0 amide bonds. The van der Waals surface area contributed by atoms with Crippen LogP contribution in [0.2, 0.25) is 0 Å². The Labute approximate surface area is 169 Å². The first-order valence-electron chi connectivity index (χ1n) is 9.96. The molecule has 4 rings (SSSR count). The zero-order valence-corrected chi connectivity index (χ0v) is 16.9. The third kappa shape index (κ3) is 4.64. The molecule has 0 atom stereocenters. The van der Waals surface area contributed by atoms with Crippen LogP contribution in [0.25, 0.3) is 0 Å². The van der Waals surface area contributed by atoms with Gasteiger partial charge in [-0.25, -0.2) is 13.8 Å². The van der Waals surface area contributed by atoms with Crippen molar-refractivity contribution in [2.24, 2.45) is 7.05 Å². The lowest BCUT2D eigenvalue weighted by Crippen LogP contribution is -2.47. The lowest BCUT2D eigenvalue weighted by molar-refractivity contribution is 0.122. The summed E-state index contributed by atoms with van der Waals surface area (Å²) in [4.78, 5) is 16.0. The van der Waals surface area contributed by atoms with Crippen LogP contribution < -0.4 is 9.80 Å². The Morgan fingerprint density at radius 2 is 1.76 bits per heavy atom. The van der Waals surface area contributed by atoms with Gasteiger partial charge in [-0.1, -0.05) is 0 Å². The number of rotatable bonds is 5. The molecule has 2 fully saturated rings. The topological polar surface area (TPSA) is 62.6 Å². The van der Waals surface area contributed by atoms with E-state index in [4.69, 9.17) is 9.72 Å². The molecule has 2 aliphatic heterocycles. The normalized spacial score (nSPS) is 18.7. The Hall–Kier alpha value is -2.33. The summed E-state index contributed by atoms with van der Waals surface area (Å²) < 4.78 is 33.2. The first-order chi connectivity index (χ1) is 14.0. The van der Waals surface area contributed by atoms with Crippen molar-refractivity contribution in [1.82, 2.24) is 24.6 Å². The van der Waals surface area contributed by atoms with Gasteiger partial charge in [0.2, 0.25) is 5.95 Å². The number of ether oxygens (including phenoxy) is 1. The average Bonchev–Trinajstić information content (AvgIpc) is 3.09. The summed E-state index contributed by atoms with van der Waals surface area (Å²) in [5.74, 6) is 1.68. The molecule has 4 heterocycles. The molecule has 2 aromatic heterocycles. The Morgan fingerprint density at radius 3 is 2.45 bits per heavy atom. The van der Waals surface area contributed by atoms with Gasteiger partial charge in [-0.05, 0) is 6.92 Å². The summed E-state index contributed by atoms with van der Waals surface area (Å²) in [5.41, 5.74) is 1.42. The fourth-order valence-electron chi connectivity index (χ4n) is 3.84. The van der Waals surface area contributed by atoms with Gasteiger partial charge in [0.25, 0.3) is 6.43 Å². The van der Waals surface area contributed by atoms with Gasteiger partial charge in [0.15, 0.2) is 0 Å². The Morgan fingerprint density at radius 1 is 1.03 bits per heavy atom. The van der Waals surface area contributed by atoms with E-state index in [0.29, 0.717) is 25.3 Å². The van der Waals surface area contributed by atoms with Gasteiger partial charge in [0, 0.05) is 76.4 Å². The number of aromatic nitrogens is 4. The second-order valence-electron chi connectivity index (χ2n) is 7.54. The lowest BCUT2D eigenvalue weighted by Gasteiger charge is -2.35. The van der Waals surface area contributed by atoms with Crippen LogP contribution in [0.1, 0.15) is 23.4 Å². The van der Waals surface area contributed by atoms with Gasteiger partial charge in [-0.2, -0.15) is 10.1 Å². The number of alkyl halides is 2. The summed E-state index contributed by atoms with van der Waals surface area (Å²) in [7, 11) is 1.68. The van der Waals surface area contributed by atoms with E-state index in [0.717, 1.165) is 56.7 Å². The van der Waals surface area contributed by atoms with Crippen LogP contribution in [0.3, 0.4) is 0 Å². The van der Waals surface area contributed by atoms with Crippen molar-refractivity contribution in [2.45, 2.75) is 19.9 Å². The molecule has 2 aromatic rings. The molecule has 0 aliphatic carbocycles. The number of hydrogen-bond donors (Lipinski definition) is 0. The van der Waals surface area contributed by atoms with Crippen molar-refractivity contribution < 1.29 is 13.5 Å². The van der Waals surface area contributed by atoms with Crippen molar-refractivity contribution >= 4 is 11.8 Å². The molecule has 10 heteroatoms. The second-order valence-corrected chi connectivity index (χ2v) is 7.54. The summed E-state index contributed by atoms with van der Waals surface area (Å²) >= 11 is 0. The van der Waals surface area contributed by atoms with Gasteiger partial charge >= 0.3 is 0 Å². The number of anilines is 2. The average molecular weight is 407 g/mol. The molecule has 0 N–H and O–H groups in total. The van der Waals surface area contributed by atoms with Crippen LogP contribution in [0.5, 0.6) is 0 Å². The monoisotopic (exact) mass is 407 g/mol. The maximum Gasteiger partial charge on any atom is 0.282 e. The molecule has 0 saturated carbocycles. The summed E-state index contributed by atoms with van der Waals surface area (Å²) in [6.45, 7) is 8.62. The van der Waals surface area contributed by atoms with E-state index in [2.05, 4.69) is 24.8 Å². The van der Waals surface area contributed by atoms with Gasteiger partial charge in [-0.15, -0.1) is 0 Å². The highest BCUT2D eigenvalue weighted by Gasteiger charge is 2.24. The molecule has 2 saturated heterocycles. The van der Waals surface area contributed by atoms with E-state index < -0.39 is 6.43 Å². The summed E-state index contributed by atoms with van der Waals surface area (Å²) in [6, 6.07) is 2.01. The first kappa shape index (κ1) is 20.0. The van der Waals surface area contributed by atoms with Crippen LogP contribution in [0.15, 0.2) is 12.3 Å². The minimum Gasteiger partial charge on any atom is -0.378 e. The zero-order valence-electron chi connectivity index (χ0n) is 16.9. The smallest absolute Gasteiger partial charge is 0.282 e. The maximum absolute atomic E-state index is 13.2. The van der Waals surface area contributed by atoms with Crippen LogP contribution in [0, 0.1) is 6.92 Å². The molecule has 8 nitrogen and oxygen atoms in total. The fraction of sp³-hybridized carbons (Fsp3) is 0.632. The van der Waals surface area contributed by atoms with E-state index in [-0.39, 0.29) is 5.69 Å². The molecular weight excluding hydrogens is 380 g/mol. The maximum atomic E-state index is 13.2. The van der Waals surface area contributed by atoms with Gasteiger partial charge in [0.1, 0.15) is 11.5 Å². The van der Waals surface area contributed by atoms with Crippen LogP contribution >= 0.6 is 0 Å². The quantitative estimate of drug-likeness (QED) is 0.746. The lowest BCUT2D eigenvalue weighted by atomic mass is 10.2. The minimum atomic E-state index is -2.55. The number of hydrogen-bond acceptors (Lipinski definition) is 7.